The first kappa shape index (κ1) is 14.4. The molecule has 9 nitrogen and oxygen atoms in total. The maximum absolute atomic E-state index is 10.9. The van der Waals surface area contributed by atoms with Gasteiger partial charge in [-0.05, 0) is 18.2 Å². The molecule has 0 aliphatic carbocycles. The van der Waals surface area contributed by atoms with E-state index in [4.69, 9.17) is 9.15 Å². The minimum Gasteiger partial charge on any atom is -0.496 e. The molecule has 0 spiro atoms. The van der Waals surface area contributed by atoms with Gasteiger partial charge in [-0.25, -0.2) is 4.68 Å². The Morgan fingerprint density at radius 2 is 2.09 bits per heavy atom. The third-order valence-electron chi connectivity index (χ3n) is 3.01. The van der Waals surface area contributed by atoms with E-state index >= 15 is 0 Å². The molecule has 0 atom stereocenters. The van der Waals surface area contributed by atoms with Crippen LogP contribution in [0.2, 0.25) is 0 Å². The highest BCUT2D eigenvalue weighted by molar-refractivity contribution is 5.78. The maximum Gasteiger partial charge on any atom is 0.270 e. The number of methoxy groups -OCH3 is 1. The summed E-state index contributed by atoms with van der Waals surface area (Å²) in [7, 11) is 1.49. The van der Waals surface area contributed by atoms with Crippen LogP contribution in [0.4, 0.5) is 5.69 Å². The number of hydrogen-bond donors (Lipinski definition) is 0. The van der Waals surface area contributed by atoms with E-state index in [0.717, 1.165) is 0 Å². The maximum atomic E-state index is 10.9. The smallest absolute Gasteiger partial charge is 0.270 e. The van der Waals surface area contributed by atoms with E-state index in [0.29, 0.717) is 22.8 Å². The molecule has 9 heteroatoms. The van der Waals surface area contributed by atoms with Gasteiger partial charge >= 0.3 is 0 Å². The number of non-ortho nitro benzene ring substituents is 1. The second-order valence-corrected chi connectivity index (χ2v) is 4.43. The van der Waals surface area contributed by atoms with Crippen molar-refractivity contribution in [1.82, 2.24) is 14.9 Å². The van der Waals surface area contributed by atoms with Crippen molar-refractivity contribution in [3.63, 3.8) is 0 Å². The first-order chi connectivity index (χ1) is 11.2. The minimum absolute atomic E-state index is 0.0445. The van der Waals surface area contributed by atoms with E-state index in [1.807, 2.05) is 0 Å². The zero-order chi connectivity index (χ0) is 16.2. The molecule has 116 valence electrons. The average molecular weight is 313 g/mol. The van der Waals surface area contributed by atoms with E-state index < -0.39 is 4.92 Å². The summed E-state index contributed by atoms with van der Waals surface area (Å²) in [6, 6.07) is 7.69. The number of furan rings is 1. The van der Waals surface area contributed by atoms with Crippen molar-refractivity contribution >= 4 is 11.9 Å². The number of nitro groups is 1. The molecule has 2 aromatic heterocycles. The van der Waals surface area contributed by atoms with Crippen LogP contribution < -0.4 is 4.74 Å². The lowest BCUT2D eigenvalue weighted by molar-refractivity contribution is -0.384. The van der Waals surface area contributed by atoms with Gasteiger partial charge in [-0.15, -0.1) is 10.2 Å². The van der Waals surface area contributed by atoms with Crippen molar-refractivity contribution in [2.45, 2.75) is 0 Å². The summed E-state index contributed by atoms with van der Waals surface area (Å²) < 4.78 is 12.3. The number of hydrogen-bond acceptors (Lipinski definition) is 7. The normalized spacial score (nSPS) is 11.0. The fourth-order valence-corrected chi connectivity index (χ4v) is 1.95. The number of ether oxygens (including phenoxy) is 1. The third kappa shape index (κ3) is 3.07. The van der Waals surface area contributed by atoms with E-state index in [-0.39, 0.29) is 5.69 Å². The molecule has 0 amide bonds. The SMILES string of the molecule is COc1ccc([N+](=O)[O-])cc1-c1ccc(/C=N/n2cnnc2)o1. The zero-order valence-electron chi connectivity index (χ0n) is 12.0. The lowest BCUT2D eigenvalue weighted by Gasteiger charge is -2.05. The van der Waals surface area contributed by atoms with E-state index in [1.165, 1.54) is 48.9 Å². The van der Waals surface area contributed by atoms with Crippen LogP contribution in [0, 0.1) is 10.1 Å². The molecule has 0 aliphatic rings. The molecular formula is C14H11N5O4. The van der Waals surface area contributed by atoms with Crippen molar-refractivity contribution in [1.29, 1.82) is 0 Å². The van der Waals surface area contributed by atoms with Gasteiger partial charge in [0.2, 0.25) is 0 Å². The van der Waals surface area contributed by atoms with Crippen LogP contribution in [0.25, 0.3) is 11.3 Å². The Labute approximate surface area is 130 Å². The molecule has 0 radical (unpaired) electrons. The average Bonchev–Trinajstić information content (AvgIpc) is 3.23. The van der Waals surface area contributed by atoms with Gasteiger partial charge in [0.05, 0.1) is 23.8 Å². The second-order valence-electron chi connectivity index (χ2n) is 4.43. The van der Waals surface area contributed by atoms with Gasteiger partial charge in [-0.1, -0.05) is 0 Å². The van der Waals surface area contributed by atoms with Gasteiger partial charge < -0.3 is 9.15 Å². The van der Waals surface area contributed by atoms with Crippen LogP contribution in [0.15, 0.2) is 52.5 Å². The summed E-state index contributed by atoms with van der Waals surface area (Å²) in [6.07, 6.45) is 4.35. The molecule has 0 aliphatic heterocycles. The highest BCUT2D eigenvalue weighted by atomic mass is 16.6. The molecule has 0 fully saturated rings. The van der Waals surface area contributed by atoms with Gasteiger partial charge in [0.15, 0.2) is 0 Å². The van der Waals surface area contributed by atoms with Gasteiger partial charge in [0, 0.05) is 12.1 Å². The Balaban J connectivity index is 1.93. The van der Waals surface area contributed by atoms with Crippen LogP contribution in [-0.2, 0) is 0 Å². The van der Waals surface area contributed by atoms with Crippen LogP contribution in [0.5, 0.6) is 5.75 Å². The van der Waals surface area contributed by atoms with Gasteiger partial charge in [0.1, 0.15) is 29.9 Å². The molecule has 0 saturated heterocycles. The quantitative estimate of drug-likeness (QED) is 0.406. The molecule has 0 saturated carbocycles. The lowest BCUT2D eigenvalue weighted by atomic mass is 10.1. The van der Waals surface area contributed by atoms with Crippen LogP contribution in [0.3, 0.4) is 0 Å². The molecule has 2 heterocycles. The fraction of sp³-hybridized carbons (Fsp3) is 0.0714. The summed E-state index contributed by atoms with van der Waals surface area (Å²) in [5, 5.41) is 22.2. The number of aromatic nitrogens is 3. The topological polar surface area (TPSA) is 109 Å². The highest BCUT2D eigenvalue weighted by Crippen LogP contribution is 2.34. The molecule has 0 bridgehead atoms. The Bertz CT molecular complexity index is 854. The number of benzene rings is 1. The monoisotopic (exact) mass is 313 g/mol. The predicted octanol–water partition coefficient (Wildman–Crippen LogP) is 2.34. The second kappa shape index (κ2) is 6.10. The number of nitro benzene ring substituents is 1. The third-order valence-corrected chi connectivity index (χ3v) is 3.01. The van der Waals surface area contributed by atoms with Crippen LogP contribution in [0.1, 0.15) is 5.76 Å². The van der Waals surface area contributed by atoms with Crippen LogP contribution >= 0.6 is 0 Å². The highest BCUT2D eigenvalue weighted by Gasteiger charge is 2.15. The number of nitrogens with zero attached hydrogens (tertiary/aromatic N) is 5. The summed E-state index contributed by atoms with van der Waals surface area (Å²) >= 11 is 0. The predicted molar refractivity (Wildman–Crippen MR) is 80.4 cm³/mol. The van der Waals surface area contributed by atoms with Crippen molar-refractivity contribution in [2.24, 2.45) is 5.10 Å². The largest absolute Gasteiger partial charge is 0.496 e. The molecule has 3 aromatic rings. The van der Waals surface area contributed by atoms with Gasteiger partial charge in [-0.2, -0.15) is 5.10 Å². The summed E-state index contributed by atoms with van der Waals surface area (Å²) in [5.41, 5.74) is 0.447. The minimum atomic E-state index is -0.472. The van der Waals surface area contributed by atoms with E-state index in [1.54, 1.807) is 12.1 Å². The molecule has 1 aromatic carbocycles. The van der Waals surface area contributed by atoms with Crippen molar-refractivity contribution in [3.05, 3.63) is 58.9 Å². The summed E-state index contributed by atoms with van der Waals surface area (Å²) in [5.74, 6) is 1.39. The zero-order valence-corrected chi connectivity index (χ0v) is 12.0. The van der Waals surface area contributed by atoms with Crippen molar-refractivity contribution in [2.75, 3.05) is 7.11 Å². The molecule has 0 N–H and O–H groups in total. The molecule has 0 unspecified atom stereocenters. The first-order valence-electron chi connectivity index (χ1n) is 6.49. The summed E-state index contributed by atoms with van der Waals surface area (Å²) in [4.78, 5) is 10.4. The summed E-state index contributed by atoms with van der Waals surface area (Å²) in [6.45, 7) is 0. The van der Waals surface area contributed by atoms with Crippen molar-refractivity contribution in [3.8, 4) is 17.1 Å². The van der Waals surface area contributed by atoms with E-state index in [9.17, 15) is 10.1 Å². The Hall–Kier alpha value is -3.49. The Morgan fingerprint density at radius 1 is 1.30 bits per heavy atom. The lowest BCUT2D eigenvalue weighted by Crippen LogP contribution is -1.91. The first-order valence-corrected chi connectivity index (χ1v) is 6.49. The van der Waals surface area contributed by atoms with E-state index in [2.05, 4.69) is 15.3 Å². The Morgan fingerprint density at radius 3 is 2.78 bits per heavy atom. The molecular weight excluding hydrogens is 302 g/mol. The molecule has 23 heavy (non-hydrogen) atoms. The van der Waals surface area contributed by atoms with Crippen LogP contribution in [-0.4, -0.2) is 33.1 Å². The van der Waals surface area contributed by atoms with Gasteiger partial charge in [0.25, 0.3) is 5.69 Å². The molecule has 3 rings (SSSR count). The standard InChI is InChI=1S/C14H11N5O4/c1-22-13-4-2-10(19(20)21)6-12(13)14-5-3-11(23-14)7-17-18-8-15-16-9-18/h2-9H,1H3/b17-7+. The van der Waals surface area contributed by atoms with Crippen molar-refractivity contribution < 1.29 is 14.1 Å². The van der Waals surface area contributed by atoms with Gasteiger partial charge in [-0.3, -0.25) is 10.1 Å². The fourth-order valence-electron chi connectivity index (χ4n) is 1.95. The number of rotatable bonds is 5. The Kier molecular flexibility index (Phi) is 3.83.